The van der Waals surface area contributed by atoms with E-state index >= 15 is 0 Å². The highest BCUT2D eigenvalue weighted by atomic mass is 16.5. The van der Waals surface area contributed by atoms with Crippen molar-refractivity contribution in [1.29, 1.82) is 0 Å². The summed E-state index contributed by atoms with van der Waals surface area (Å²) in [5.74, 6) is 0.718. The zero-order valence-electron chi connectivity index (χ0n) is 10.3. The Balaban J connectivity index is 3.83. The fourth-order valence-electron chi connectivity index (χ4n) is 1.47. The second-order valence-corrected chi connectivity index (χ2v) is 4.34. The smallest absolute Gasteiger partial charge is 0.0589 e. The topological polar surface area (TPSA) is 24.5 Å². The van der Waals surface area contributed by atoms with Crippen molar-refractivity contribution in [2.24, 2.45) is 5.92 Å². The Hall–Kier alpha value is -0.120. The van der Waals surface area contributed by atoms with Crippen LogP contribution in [-0.2, 0) is 4.74 Å². The molecule has 0 aliphatic rings. The molecule has 0 aliphatic heterocycles. The molecule has 1 N–H and O–H groups in total. The van der Waals surface area contributed by atoms with Gasteiger partial charge < -0.3 is 10.1 Å². The van der Waals surface area contributed by atoms with E-state index in [1.54, 1.807) is 7.11 Å². The fraction of sp³-hybridized carbons (Fsp3) is 1.00. The second-order valence-electron chi connectivity index (χ2n) is 4.34. The molecule has 0 bridgehead atoms. The van der Waals surface area contributed by atoms with Gasteiger partial charge in [0.1, 0.15) is 0 Å². The normalized spacial score (nSPS) is 13.9. The van der Waals surface area contributed by atoms with E-state index in [0.29, 0.717) is 6.04 Å². The van der Waals surface area contributed by atoms with Gasteiger partial charge in [0.25, 0.3) is 0 Å². The van der Waals surface area contributed by atoms with Crippen LogP contribution < -0.4 is 5.32 Å². The molecular formula is C11H26N2O. The van der Waals surface area contributed by atoms with E-state index < -0.39 is 0 Å². The zero-order chi connectivity index (χ0) is 11.0. The largest absolute Gasteiger partial charge is 0.383 e. The molecule has 0 aromatic carbocycles. The van der Waals surface area contributed by atoms with Crippen molar-refractivity contribution < 1.29 is 4.74 Å². The van der Waals surface area contributed by atoms with Crippen LogP contribution in [0.5, 0.6) is 0 Å². The molecule has 0 radical (unpaired) electrons. The molecule has 0 aromatic rings. The van der Waals surface area contributed by atoms with Crippen molar-refractivity contribution in [3.8, 4) is 0 Å². The molecule has 0 rings (SSSR count). The summed E-state index contributed by atoms with van der Waals surface area (Å²) in [5.41, 5.74) is 0. The zero-order valence-corrected chi connectivity index (χ0v) is 10.3. The molecule has 1 unspecified atom stereocenters. The minimum Gasteiger partial charge on any atom is -0.383 e. The molecule has 0 aliphatic carbocycles. The van der Waals surface area contributed by atoms with Gasteiger partial charge in [0.2, 0.25) is 0 Å². The third-order valence-electron chi connectivity index (χ3n) is 2.26. The van der Waals surface area contributed by atoms with Gasteiger partial charge in [-0.3, -0.25) is 4.90 Å². The summed E-state index contributed by atoms with van der Waals surface area (Å²) in [6.07, 6.45) is 0. The lowest BCUT2D eigenvalue weighted by Gasteiger charge is -2.26. The Labute approximate surface area is 88.8 Å². The SMILES string of the molecule is CNC(C)CN(CCOC)CC(C)C. The Morgan fingerprint density at radius 3 is 2.29 bits per heavy atom. The van der Waals surface area contributed by atoms with Gasteiger partial charge in [-0.15, -0.1) is 0 Å². The molecule has 0 aromatic heterocycles. The van der Waals surface area contributed by atoms with E-state index in [0.717, 1.165) is 32.2 Å². The van der Waals surface area contributed by atoms with E-state index in [1.165, 1.54) is 0 Å². The first kappa shape index (κ1) is 13.9. The van der Waals surface area contributed by atoms with Gasteiger partial charge in [0.05, 0.1) is 6.61 Å². The fourth-order valence-corrected chi connectivity index (χ4v) is 1.47. The third kappa shape index (κ3) is 7.30. The minimum absolute atomic E-state index is 0.547. The summed E-state index contributed by atoms with van der Waals surface area (Å²) in [7, 11) is 3.77. The second kappa shape index (κ2) is 8.21. The summed E-state index contributed by atoms with van der Waals surface area (Å²) < 4.78 is 5.11. The summed E-state index contributed by atoms with van der Waals surface area (Å²) in [5, 5.41) is 3.26. The molecule has 0 spiro atoms. The van der Waals surface area contributed by atoms with Crippen LogP contribution in [0.3, 0.4) is 0 Å². The van der Waals surface area contributed by atoms with Crippen molar-refractivity contribution in [3.05, 3.63) is 0 Å². The quantitative estimate of drug-likeness (QED) is 0.640. The highest BCUT2D eigenvalue weighted by Gasteiger charge is 2.09. The van der Waals surface area contributed by atoms with Crippen molar-refractivity contribution in [3.63, 3.8) is 0 Å². The van der Waals surface area contributed by atoms with Gasteiger partial charge in [-0.05, 0) is 19.9 Å². The molecule has 86 valence electrons. The van der Waals surface area contributed by atoms with Crippen LogP contribution in [0.4, 0.5) is 0 Å². The molecule has 1 atom stereocenters. The van der Waals surface area contributed by atoms with Gasteiger partial charge in [0, 0.05) is 32.8 Å². The number of likely N-dealkylation sites (N-methyl/N-ethyl adjacent to an activating group) is 1. The van der Waals surface area contributed by atoms with Crippen LogP contribution in [0.1, 0.15) is 20.8 Å². The van der Waals surface area contributed by atoms with Gasteiger partial charge in [-0.1, -0.05) is 13.8 Å². The van der Waals surface area contributed by atoms with Gasteiger partial charge >= 0.3 is 0 Å². The van der Waals surface area contributed by atoms with Crippen molar-refractivity contribution in [2.75, 3.05) is 40.4 Å². The average Bonchev–Trinajstić information content (AvgIpc) is 2.13. The van der Waals surface area contributed by atoms with Crippen LogP contribution in [0.25, 0.3) is 0 Å². The summed E-state index contributed by atoms with van der Waals surface area (Å²) in [6, 6.07) is 0.547. The maximum Gasteiger partial charge on any atom is 0.0589 e. The molecule has 14 heavy (non-hydrogen) atoms. The Morgan fingerprint density at radius 1 is 1.21 bits per heavy atom. The third-order valence-corrected chi connectivity index (χ3v) is 2.26. The summed E-state index contributed by atoms with van der Waals surface area (Å²) in [4.78, 5) is 2.45. The molecule has 0 saturated heterocycles. The molecule has 0 amide bonds. The van der Waals surface area contributed by atoms with E-state index in [2.05, 4.69) is 31.0 Å². The van der Waals surface area contributed by atoms with Gasteiger partial charge in [-0.25, -0.2) is 0 Å². The van der Waals surface area contributed by atoms with Crippen molar-refractivity contribution >= 4 is 0 Å². The Morgan fingerprint density at radius 2 is 1.86 bits per heavy atom. The van der Waals surface area contributed by atoms with E-state index in [4.69, 9.17) is 4.74 Å². The maximum absolute atomic E-state index is 5.11. The highest BCUT2D eigenvalue weighted by molar-refractivity contribution is 4.67. The number of nitrogens with zero attached hydrogens (tertiary/aromatic N) is 1. The monoisotopic (exact) mass is 202 g/mol. The number of ether oxygens (including phenoxy) is 1. The van der Waals surface area contributed by atoms with E-state index in [-0.39, 0.29) is 0 Å². The van der Waals surface area contributed by atoms with Crippen LogP contribution in [0.2, 0.25) is 0 Å². The Bertz CT molecular complexity index is 128. The molecule has 3 heteroatoms. The lowest BCUT2D eigenvalue weighted by molar-refractivity contribution is 0.134. The van der Waals surface area contributed by atoms with Crippen LogP contribution in [-0.4, -0.2) is 51.3 Å². The summed E-state index contributed by atoms with van der Waals surface area (Å²) in [6.45, 7) is 10.8. The van der Waals surface area contributed by atoms with Crippen molar-refractivity contribution in [2.45, 2.75) is 26.8 Å². The standard InChI is InChI=1S/C11H26N2O/c1-10(2)8-13(6-7-14-5)9-11(3)12-4/h10-12H,6-9H2,1-5H3. The molecular weight excluding hydrogens is 176 g/mol. The predicted molar refractivity (Wildman–Crippen MR) is 61.7 cm³/mol. The number of hydrogen-bond acceptors (Lipinski definition) is 3. The van der Waals surface area contributed by atoms with Crippen LogP contribution in [0, 0.1) is 5.92 Å². The maximum atomic E-state index is 5.11. The predicted octanol–water partition coefficient (Wildman–Crippen LogP) is 1.20. The number of nitrogens with one attached hydrogen (secondary N) is 1. The average molecular weight is 202 g/mol. The Kier molecular flexibility index (Phi) is 8.14. The number of hydrogen-bond donors (Lipinski definition) is 1. The first-order valence-corrected chi connectivity index (χ1v) is 5.48. The van der Waals surface area contributed by atoms with E-state index in [9.17, 15) is 0 Å². The first-order valence-electron chi connectivity index (χ1n) is 5.48. The van der Waals surface area contributed by atoms with Gasteiger partial charge in [-0.2, -0.15) is 0 Å². The molecule has 3 nitrogen and oxygen atoms in total. The molecule has 0 fully saturated rings. The molecule has 0 saturated carbocycles. The van der Waals surface area contributed by atoms with E-state index in [1.807, 2.05) is 7.05 Å². The first-order chi connectivity index (χ1) is 6.60. The number of rotatable bonds is 8. The minimum atomic E-state index is 0.547. The molecule has 0 heterocycles. The van der Waals surface area contributed by atoms with Crippen LogP contribution in [0.15, 0.2) is 0 Å². The lowest BCUT2D eigenvalue weighted by atomic mass is 10.2. The lowest BCUT2D eigenvalue weighted by Crippen LogP contribution is -2.40. The van der Waals surface area contributed by atoms with Crippen molar-refractivity contribution in [1.82, 2.24) is 10.2 Å². The highest BCUT2D eigenvalue weighted by Crippen LogP contribution is 1.99. The van der Waals surface area contributed by atoms with Crippen LogP contribution >= 0.6 is 0 Å². The van der Waals surface area contributed by atoms with Gasteiger partial charge in [0.15, 0.2) is 0 Å². The summed E-state index contributed by atoms with van der Waals surface area (Å²) >= 11 is 0. The number of methoxy groups -OCH3 is 1.